The van der Waals surface area contributed by atoms with Crippen LogP contribution >= 0.6 is 0 Å². The van der Waals surface area contributed by atoms with Crippen LogP contribution in [-0.4, -0.2) is 40.0 Å². The normalized spacial score (nSPS) is 15.1. The largest absolute Gasteiger partial charge is 0.462 e. The summed E-state index contributed by atoms with van der Waals surface area (Å²) in [4.78, 5) is 24.8. The third-order valence-corrected chi connectivity index (χ3v) is 5.63. The van der Waals surface area contributed by atoms with Crippen molar-refractivity contribution in [1.29, 1.82) is 0 Å². The molecule has 1 fully saturated rings. The Bertz CT molecular complexity index is 1210. The lowest BCUT2D eigenvalue weighted by atomic mass is 10.2. The first-order chi connectivity index (χ1) is 14.3. The molecule has 6 heteroatoms. The Morgan fingerprint density at radius 2 is 1.79 bits per heavy atom. The lowest BCUT2D eigenvalue weighted by Gasteiger charge is -2.22. The highest BCUT2D eigenvalue weighted by atomic mass is 16.5. The van der Waals surface area contributed by atoms with Crippen LogP contribution in [-0.2, 0) is 4.74 Å². The van der Waals surface area contributed by atoms with E-state index in [-0.39, 0.29) is 5.97 Å². The molecule has 3 aromatic heterocycles. The molecular weight excluding hydrogens is 364 g/mol. The Kier molecular flexibility index (Phi) is 4.54. The fraction of sp³-hybridized carbons (Fsp3) is 0.348. The van der Waals surface area contributed by atoms with E-state index in [0.717, 1.165) is 41.0 Å². The molecule has 1 saturated heterocycles. The van der Waals surface area contributed by atoms with Gasteiger partial charge in [0.25, 0.3) is 0 Å². The van der Waals surface area contributed by atoms with Crippen molar-refractivity contribution in [3.63, 3.8) is 0 Å². The average molecular weight is 388 g/mol. The number of esters is 1. The lowest BCUT2D eigenvalue weighted by Crippen LogP contribution is -2.25. The zero-order valence-electron chi connectivity index (χ0n) is 16.6. The molecule has 1 aromatic carbocycles. The second kappa shape index (κ2) is 7.35. The van der Waals surface area contributed by atoms with Gasteiger partial charge in [0, 0.05) is 18.5 Å². The molecule has 148 valence electrons. The Balaban J connectivity index is 1.78. The number of rotatable bonds is 3. The van der Waals surface area contributed by atoms with Gasteiger partial charge in [0.05, 0.1) is 17.6 Å². The summed E-state index contributed by atoms with van der Waals surface area (Å²) in [6, 6.07) is 13.9. The Morgan fingerprint density at radius 3 is 2.59 bits per heavy atom. The molecule has 4 heterocycles. The molecule has 0 aliphatic carbocycles. The smallest absolute Gasteiger partial charge is 0.341 e. The summed E-state index contributed by atoms with van der Waals surface area (Å²) in [6.07, 6.45) is 4.96. The van der Waals surface area contributed by atoms with Crippen LogP contribution < -0.4 is 4.90 Å². The van der Waals surface area contributed by atoms with Crippen LogP contribution in [0.5, 0.6) is 0 Å². The average Bonchev–Trinajstić information content (AvgIpc) is 2.92. The van der Waals surface area contributed by atoms with Crippen molar-refractivity contribution < 1.29 is 9.53 Å². The van der Waals surface area contributed by atoms with Crippen molar-refractivity contribution in [3.8, 4) is 0 Å². The van der Waals surface area contributed by atoms with E-state index in [0.29, 0.717) is 17.8 Å². The fourth-order valence-corrected chi connectivity index (χ4v) is 4.22. The number of benzene rings is 1. The molecule has 1 aliphatic rings. The topological polar surface area (TPSA) is 59.7 Å². The molecule has 0 atom stereocenters. The molecule has 0 unspecified atom stereocenters. The van der Waals surface area contributed by atoms with Crippen molar-refractivity contribution in [3.05, 3.63) is 48.0 Å². The Hall–Kier alpha value is -3.15. The molecule has 6 nitrogen and oxygen atoms in total. The maximum Gasteiger partial charge on any atom is 0.341 e. The number of para-hydroxylation sites is 2. The van der Waals surface area contributed by atoms with E-state index in [1.165, 1.54) is 25.7 Å². The third-order valence-electron chi connectivity index (χ3n) is 5.63. The van der Waals surface area contributed by atoms with Gasteiger partial charge in [-0.15, -0.1) is 0 Å². The van der Waals surface area contributed by atoms with Crippen molar-refractivity contribution >= 4 is 39.5 Å². The van der Waals surface area contributed by atoms with Crippen LogP contribution in [0.4, 0.5) is 5.82 Å². The van der Waals surface area contributed by atoms with Gasteiger partial charge in [0.15, 0.2) is 5.65 Å². The maximum atomic E-state index is 12.6. The predicted octanol–water partition coefficient (Wildman–Crippen LogP) is 4.59. The van der Waals surface area contributed by atoms with Crippen molar-refractivity contribution in [2.75, 3.05) is 24.6 Å². The standard InChI is InChI=1S/C23H24N4O2/c1-2-29-23(28)17-15-16-11-12-20(26-13-7-3-4-8-14-26)25-21(16)27-19-10-6-5-9-18(19)24-22(17)27/h5-6,9-12,15H,2-4,7-8,13-14H2,1H3. The van der Waals surface area contributed by atoms with Crippen molar-refractivity contribution in [2.45, 2.75) is 32.6 Å². The van der Waals surface area contributed by atoms with Gasteiger partial charge in [0.2, 0.25) is 0 Å². The van der Waals surface area contributed by atoms with Crippen LogP contribution in [0, 0.1) is 0 Å². The minimum absolute atomic E-state index is 0.329. The molecule has 0 N–H and O–H groups in total. The van der Waals surface area contributed by atoms with Crippen LogP contribution in [0.3, 0.4) is 0 Å². The molecule has 0 saturated carbocycles. The van der Waals surface area contributed by atoms with Crippen LogP contribution in [0.25, 0.3) is 27.7 Å². The number of imidazole rings is 1. The molecule has 0 amide bonds. The first kappa shape index (κ1) is 17.9. The zero-order valence-corrected chi connectivity index (χ0v) is 16.6. The third kappa shape index (κ3) is 3.09. The zero-order chi connectivity index (χ0) is 19.8. The SMILES string of the molecule is CCOC(=O)c1cc2ccc(N3CCCCCC3)nc2n2c1nc1ccccc12. The second-order valence-electron chi connectivity index (χ2n) is 7.52. The van der Waals surface area contributed by atoms with Gasteiger partial charge in [-0.2, -0.15) is 0 Å². The van der Waals surface area contributed by atoms with Gasteiger partial charge >= 0.3 is 5.97 Å². The Labute approximate surface area is 169 Å². The fourth-order valence-electron chi connectivity index (χ4n) is 4.22. The molecule has 0 radical (unpaired) electrons. The van der Waals surface area contributed by atoms with Crippen LogP contribution in [0.1, 0.15) is 43.0 Å². The summed E-state index contributed by atoms with van der Waals surface area (Å²) in [6.45, 7) is 4.21. The van der Waals surface area contributed by atoms with Gasteiger partial charge in [-0.05, 0) is 50.1 Å². The summed E-state index contributed by atoms with van der Waals surface area (Å²) >= 11 is 0. The van der Waals surface area contributed by atoms with Crippen molar-refractivity contribution in [2.24, 2.45) is 0 Å². The summed E-state index contributed by atoms with van der Waals surface area (Å²) in [5, 5.41) is 0.905. The summed E-state index contributed by atoms with van der Waals surface area (Å²) < 4.78 is 7.29. The number of hydrogen-bond donors (Lipinski definition) is 0. The number of hydrogen-bond acceptors (Lipinski definition) is 5. The van der Waals surface area contributed by atoms with E-state index >= 15 is 0 Å². The van der Waals surface area contributed by atoms with Crippen LogP contribution in [0.15, 0.2) is 42.5 Å². The van der Waals surface area contributed by atoms with E-state index in [4.69, 9.17) is 14.7 Å². The molecule has 29 heavy (non-hydrogen) atoms. The summed E-state index contributed by atoms with van der Waals surface area (Å²) in [5.41, 5.74) is 3.67. The van der Waals surface area contributed by atoms with Gasteiger partial charge < -0.3 is 9.64 Å². The van der Waals surface area contributed by atoms with Gasteiger partial charge in [0.1, 0.15) is 17.0 Å². The van der Waals surface area contributed by atoms with E-state index in [1.54, 1.807) is 0 Å². The molecule has 0 bridgehead atoms. The summed E-state index contributed by atoms with van der Waals surface area (Å²) in [5.74, 6) is 0.633. The second-order valence-corrected chi connectivity index (χ2v) is 7.52. The number of pyridine rings is 2. The number of ether oxygens (including phenoxy) is 1. The van der Waals surface area contributed by atoms with Crippen LogP contribution in [0.2, 0.25) is 0 Å². The first-order valence-electron chi connectivity index (χ1n) is 10.4. The first-order valence-corrected chi connectivity index (χ1v) is 10.4. The minimum Gasteiger partial charge on any atom is -0.462 e. The number of carbonyl (C=O) groups is 1. The monoisotopic (exact) mass is 388 g/mol. The van der Waals surface area contributed by atoms with E-state index in [1.807, 2.05) is 41.7 Å². The molecule has 5 rings (SSSR count). The lowest BCUT2D eigenvalue weighted by molar-refractivity contribution is 0.0528. The van der Waals surface area contributed by atoms with Gasteiger partial charge in [-0.25, -0.2) is 14.8 Å². The number of fused-ring (bicyclic) bond motifs is 5. The number of aromatic nitrogens is 3. The van der Waals surface area contributed by atoms with E-state index < -0.39 is 0 Å². The molecular formula is C23H24N4O2. The highest BCUT2D eigenvalue weighted by Crippen LogP contribution is 2.28. The van der Waals surface area contributed by atoms with E-state index in [2.05, 4.69) is 17.0 Å². The van der Waals surface area contributed by atoms with Gasteiger partial charge in [-0.3, -0.25) is 4.40 Å². The maximum absolute atomic E-state index is 12.6. The highest BCUT2D eigenvalue weighted by Gasteiger charge is 2.20. The number of nitrogens with zero attached hydrogens (tertiary/aromatic N) is 4. The highest BCUT2D eigenvalue weighted by molar-refractivity contribution is 6.03. The molecule has 4 aromatic rings. The molecule has 1 aliphatic heterocycles. The van der Waals surface area contributed by atoms with E-state index in [9.17, 15) is 4.79 Å². The molecule has 0 spiro atoms. The number of carbonyl (C=O) groups excluding carboxylic acids is 1. The van der Waals surface area contributed by atoms with Gasteiger partial charge in [-0.1, -0.05) is 25.0 Å². The quantitative estimate of drug-likeness (QED) is 0.480. The number of anilines is 1. The minimum atomic E-state index is -0.355. The Morgan fingerprint density at radius 1 is 1.00 bits per heavy atom. The summed E-state index contributed by atoms with van der Waals surface area (Å²) in [7, 11) is 0. The predicted molar refractivity (Wildman–Crippen MR) is 115 cm³/mol. The van der Waals surface area contributed by atoms with Crippen molar-refractivity contribution in [1.82, 2.24) is 14.4 Å².